The van der Waals surface area contributed by atoms with Gasteiger partial charge in [0, 0.05) is 17.9 Å². The molecule has 9 nitrogen and oxygen atoms in total. The fraction of sp³-hybridized carbons (Fsp3) is 0.478. The van der Waals surface area contributed by atoms with Crippen LogP contribution in [0.1, 0.15) is 44.9 Å². The van der Waals surface area contributed by atoms with Crippen LogP contribution in [-0.2, 0) is 23.9 Å². The highest BCUT2D eigenvalue weighted by Crippen LogP contribution is 2.25. The third-order valence-corrected chi connectivity index (χ3v) is 4.77. The van der Waals surface area contributed by atoms with Crippen molar-refractivity contribution in [3.05, 3.63) is 35.4 Å². The molecule has 0 aromatic heterocycles. The van der Waals surface area contributed by atoms with E-state index in [1.165, 1.54) is 12.0 Å². The largest absolute Gasteiger partial charge is 0.468 e. The molecule has 0 aliphatic rings. The van der Waals surface area contributed by atoms with Gasteiger partial charge < -0.3 is 25.0 Å². The predicted octanol–water partition coefficient (Wildman–Crippen LogP) is 1.67. The van der Waals surface area contributed by atoms with E-state index >= 15 is 0 Å². The van der Waals surface area contributed by atoms with Gasteiger partial charge in [-0.1, -0.05) is 24.1 Å². The molecule has 0 saturated heterocycles. The van der Waals surface area contributed by atoms with E-state index < -0.39 is 41.6 Å². The van der Waals surface area contributed by atoms with Crippen LogP contribution in [0.15, 0.2) is 24.3 Å². The summed E-state index contributed by atoms with van der Waals surface area (Å²) >= 11 is 4.19. The van der Waals surface area contributed by atoms with E-state index in [0.717, 1.165) is 0 Å². The predicted molar refractivity (Wildman–Crippen MR) is 127 cm³/mol. The van der Waals surface area contributed by atoms with Gasteiger partial charge in [-0.15, -0.1) is 6.42 Å². The van der Waals surface area contributed by atoms with E-state index in [1.54, 1.807) is 52.0 Å². The first-order valence-corrected chi connectivity index (χ1v) is 10.9. The van der Waals surface area contributed by atoms with Crippen molar-refractivity contribution < 1.29 is 28.7 Å². The van der Waals surface area contributed by atoms with E-state index in [0.29, 0.717) is 11.1 Å². The molecule has 2 unspecified atom stereocenters. The Morgan fingerprint density at radius 2 is 1.85 bits per heavy atom. The minimum Gasteiger partial charge on any atom is -0.468 e. The maximum atomic E-state index is 13.4. The number of benzene rings is 1. The van der Waals surface area contributed by atoms with Gasteiger partial charge in [-0.05, 0) is 39.3 Å². The van der Waals surface area contributed by atoms with Crippen molar-refractivity contribution in [3.8, 4) is 12.3 Å². The summed E-state index contributed by atoms with van der Waals surface area (Å²) in [5.74, 6) is 0.623. The number of carbonyl (C=O) groups excluding carboxylic acids is 4. The van der Waals surface area contributed by atoms with Gasteiger partial charge in [0.15, 0.2) is 0 Å². The number of thiol groups is 1. The number of rotatable bonds is 9. The Labute approximate surface area is 200 Å². The molecule has 2 atom stereocenters. The van der Waals surface area contributed by atoms with E-state index in [2.05, 4.69) is 33.9 Å². The van der Waals surface area contributed by atoms with Crippen LogP contribution < -0.4 is 10.6 Å². The number of esters is 1. The summed E-state index contributed by atoms with van der Waals surface area (Å²) in [5, 5.41) is 4.97. The minimum atomic E-state index is -1.16. The van der Waals surface area contributed by atoms with Crippen molar-refractivity contribution in [2.45, 2.75) is 45.4 Å². The molecule has 0 radical (unpaired) electrons. The normalized spacial score (nSPS) is 12.5. The average molecular weight is 478 g/mol. The van der Waals surface area contributed by atoms with Crippen molar-refractivity contribution in [1.82, 2.24) is 15.5 Å². The van der Waals surface area contributed by atoms with Crippen LogP contribution in [0.4, 0.5) is 4.79 Å². The molecule has 0 aliphatic heterocycles. The molecule has 0 aliphatic carbocycles. The van der Waals surface area contributed by atoms with Gasteiger partial charge in [0.05, 0.1) is 7.11 Å². The van der Waals surface area contributed by atoms with Crippen molar-refractivity contribution in [2.24, 2.45) is 0 Å². The van der Waals surface area contributed by atoms with Crippen LogP contribution in [0.5, 0.6) is 0 Å². The number of nitrogens with zero attached hydrogens (tertiary/aromatic N) is 1. The van der Waals surface area contributed by atoms with Crippen LogP contribution in [0, 0.1) is 12.3 Å². The van der Waals surface area contributed by atoms with E-state index in [9.17, 15) is 19.2 Å². The minimum absolute atomic E-state index is 0.0398. The maximum Gasteiger partial charge on any atom is 0.408 e. The molecule has 0 bridgehead atoms. The van der Waals surface area contributed by atoms with Crippen molar-refractivity contribution >= 4 is 36.5 Å². The maximum absolute atomic E-state index is 13.4. The van der Waals surface area contributed by atoms with Gasteiger partial charge >= 0.3 is 12.1 Å². The molecule has 0 saturated carbocycles. The van der Waals surface area contributed by atoms with Crippen LogP contribution in [-0.4, -0.2) is 66.4 Å². The number of ether oxygens (including phenoxy) is 2. The topological polar surface area (TPSA) is 114 Å². The molecule has 33 heavy (non-hydrogen) atoms. The molecular weight excluding hydrogens is 446 g/mol. The number of carbonyl (C=O) groups is 4. The first kappa shape index (κ1) is 27.8. The Bertz CT molecular complexity index is 906. The Morgan fingerprint density at radius 3 is 2.36 bits per heavy atom. The molecule has 1 aromatic rings. The Hall–Kier alpha value is -3.19. The lowest BCUT2D eigenvalue weighted by molar-refractivity contribution is -0.144. The zero-order valence-corrected chi connectivity index (χ0v) is 20.4. The average Bonchev–Trinajstić information content (AvgIpc) is 2.77. The summed E-state index contributed by atoms with van der Waals surface area (Å²) in [7, 11) is 1.20. The van der Waals surface area contributed by atoms with Crippen molar-refractivity contribution in [1.29, 1.82) is 0 Å². The summed E-state index contributed by atoms with van der Waals surface area (Å²) in [5.41, 5.74) is 0.0399. The third-order valence-electron chi connectivity index (χ3n) is 4.40. The van der Waals surface area contributed by atoms with E-state index in [-0.39, 0.29) is 18.8 Å². The molecule has 0 heterocycles. The van der Waals surface area contributed by atoms with Crippen molar-refractivity contribution in [2.75, 3.05) is 26.0 Å². The highest BCUT2D eigenvalue weighted by atomic mass is 32.1. The first-order valence-electron chi connectivity index (χ1n) is 10.3. The molecule has 1 rings (SSSR count). The molecule has 1 aromatic carbocycles. The van der Waals surface area contributed by atoms with Gasteiger partial charge in [-0.25, -0.2) is 4.79 Å². The second-order valence-electron chi connectivity index (χ2n) is 7.93. The third kappa shape index (κ3) is 8.35. The summed E-state index contributed by atoms with van der Waals surface area (Å²) in [6.45, 7) is 6.49. The Balaban J connectivity index is 3.33. The highest BCUT2D eigenvalue weighted by molar-refractivity contribution is 7.80. The van der Waals surface area contributed by atoms with Gasteiger partial charge in [0.1, 0.15) is 24.2 Å². The SMILES string of the molecule is C#Cc1ccccc1C(C(=O)NCC(=O)OC)N(CC)C(=O)C(CS)NC(=O)OC(C)(C)C. The lowest BCUT2D eigenvalue weighted by Crippen LogP contribution is -2.54. The molecular formula is C23H31N3O6S. The van der Waals surface area contributed by atoms with Gasteiger partial charge in [-0.2, -0.15) is 12.6 Å². The highest BCUT2D eigenvalue weighted by Gasteiger charge is 2.36. The van der Waals surface area contributed by atoms with Crippen molar-refractivity contribution in [3.63, 3.8) is 0 Å². The molecule has 0 fully saturated rings. The second kappa shape index (κ2) is 12.7. The summed E-state index contributed by atoms with van der Waals surface area (Å²) in [6.07, 6.45) is 4.83. The molecule has 10 heteroatoms. The fourth-order valence-electron chi connectivity index (χ4n) is 2.95. The Morgan fingerprint density at radius 1 is 1.21 bits per heavy atom. The fourth-order valence-corrected chi connectivity index (χ4v) is 3.19. The summed E-state index contributed by atoms with van der Waals surface area (Å²) < 4.78 is 9.79. The lowest BCUT2D eigenvalue weighted by Gasteiger charge is -2.33. The lowest BCUT2D eigenvalue weighted by atomic mass is 9.97. The summed E-state index contributed by atoms with van der Waals surface area (Å²) in [4.78, 5) is 51.6. The number of likely N-dealkylation sites (N-methyl/N-ethyl adjacent to an activating group) is 1. The number of hydrogen-bond donors (Lipinski definition) is 3. The standard InChI is InChI=1S/C23H31N3O6S/c1-7-15-11-9-10-12-16(15)19(20(28)24-13-18(27)31-6)26(8-2)21(29)17(14-33)25-22(30)32-23(3,4)5/h1,9-12,17,19,33H,8,13-14H2,2-6H3,(H,24,28)(H,25,30). The molecule has 3 amide bonds. The van der Waals surface area contributed by atoms with Gasteiger partial charge in [0.25, 0.3) is 0 Å². The number of nitrogens with one attached hydrogen (secondary N) is 2. The van der Waals surface area contributed by atoms with Crippen LogP contribution in [0.3, 0.4) is 0 Å². The van der Waals surface area contributed by atoms with Crippen LogP contribution in [0.25, 0.3) is 0 Å². The smallest absolute Gasteiger partial charge is 0.408 e. The number of methoxy groups -OCH3 is 1. The second-order valence-corrected chi connectivity index (χ2v) is 8.30. The molecule has 0 spiro atoms. The monoisotopic (exact) mass is 477 g/mol. The number of terminal acetylenes is 1. The Kier molecular flexibility index (Phi) is 10.8. The number of hydrogen-bond acceptors (Lipinski definition) is 7. The molecule has 180 valence electrons. The van der Waals surface area contributed by atoms with Gasteiger partial charge in [-0.3, -0.25) is 14.4 Å². The van der Waals surface area contributed by atoms with Gasteiger partial charge in [0.2, 0.25) is 11.8 Å². The zero-order chi connectivity index (χ0) is 25.2. The number of alkyl carbamates (subject to hydrolysis) is 1. The van der Waals surface area contributed by atoms with Crippen LogP contribution >= 0.6 is 12.6 Å². The quantitative estimate of drug-likeness (QED) is 0.283. The molecule has 2 N–H and O–H groups in total. The van der Waals surface area contributed by atoms with Crippen LogP contribution in [0.2, 0.25) is 0 Å². The summed E-state index contributed by atoms with van der Waals surface area (Å²) in [6, 6.07) is 4.43. The zero-order valence-electron chi connectivity index (χ0n) is 19.5. The first-order chi connectivity index (χ1) is 15.5. The number of amides is 3. The van der Waals surface area contributed by atoms with E-state index in [4.69, 9.17) is 11.2 Å². The van der Waals surface area contributed by atoms with E-state index in [1.807, 2.05) is 0 Å².